The van der Waals surface area contributed by atoms with Crippen LogP contribution in [0.1, 0.15) is 39.9 Å². The molecular weight excluding hydrogens is 324 g/mol. The van der Waals surface area contributed by atoms with E-state index in [1.165, 1.54) is 30.2 Å². The zero-order chi connectivity index (χ0) is 17.7. The third-order valence-corrected chi connectivity index (χ3v) is 5.41. The average molecular weight is 342 g/mol. The van der Waals surface area contributed by atoms with Gasteiger partial charge in [-0.25, -0.2) is 0 Å². The maximum absolute atomic E-state index is 13.1. The summed E-state index contributed by atoms with van der Waals surface area (Å²) in [5, 5.41) is 12.6. The van der Waals surface area contributed by atoms with Crippen LogP contribution < -0.4 is 0 Å². The van der Waals surface area contributed by atoms with Crippen LogP contribution in [0.4, 0.5) is 0 Å². The first-order chi connectivity index (χ1) is 12.7. The van der Waals surface area contributed by atoms with Crippen LogP contribution in [0.2, 0.25) is 0 Å². The number of carbonyl (C=O) groups is 1. The van der Waals surface area contributed by atoms with Crippen molar-refractivity contribution in [3.63, 3.8) is 0 Å². The Hall–Kier alpha value is -3.07. The molecule has 0 saturated heterocycles. The van der Waals surface area contributed by atoms with E-state index < -0.39 is 0 Å². The lowest BCUT2D eigenvalue weighted by atomic mass is 9.89. The molecule has 1 aromatic heterocycles. The maximum Gasteiger partial charge on any atom is 0.196 e. The molecule has 0 fully saturated rings. The van der Waals surface area contributed by atoms with Crippen molar-refractivity contribution in [1.82, 2.24) is 0 Å². The Bertz CT molecular complexity index is 1170. The molecule has 0 atom stereocenters. The van der Waals surface area contributed by atoms with Gasteiger partial charge in [0, 0.05) is 21.7 Å². The fraction of sp³-hybridized carbons (Fsp3) is 0.174. The Kier molecular flexibility index (Phi) is 3.35. The molecule has 1 N–H and O–H groups in total. The molecule has 1 aliphatic rings. The minimum absolute atomic E-state index is 0.0631. The summed E-state index contributed by atoms with van der Waals surface area (Å²) in [4.78, 5) is 13.1. The van der Waals surface area contributed by atoms with Gasteiger partial charge in [-0.05, 0) is 48.9 Å². The van der Waals surface area contributed by atoms with E-state index in [-0.39, 0.29) is 11.5 Å². The van der Waals surface area contributed by atoms with Crippen LogP contribution in [0, 0.1) is 0 Å². The fourth-order valence-electron chi connectivity index (χ4n) is 4.04. The lowest BCUT2D eigenvalue weighted by Gasteiger charge is -2.16. The quantitative estimate of drug-likeness (QED) is 0.496. The van der Waals surface area contributed by atoms with E-state index in [4.69, 9.17) is 4.42 Å². The highest BCUT2D eigenvalue weighted by Gasteiger charge is 2.20. The molecule has 128 valence electrons. The zero-order valence-electron chi connectivity index (χ0n) is 14.3. The largest absolute Gasteiger partial charge is 0.507 e. The molecule has 5 rings (SSSR count). The van der Waals surface area contributed by atoms with Crippen molar-refractivity contribution in [1.29, 1.82) is 0 Å². The molecule has 0 aliphatic heterocycles. The van der Waals surface area contributed by atoms with E-state index in [1.807, 2.05) is 36.4 Å². The molecular formula is C23H18O3. The molecule has 3 aromatic carbocycles. The highest BCUT2D eigenvalue weighted by molar-refractivity contribution is 6.20. The summed E-state index contributed by atoms with van der Waals surface area (Å²) in [5.74, 6) is 0.0980. The van der Waals surface area contributed by atoms with Crippen LogP contribution in [0.15, 0.2) is 59.2 Å². The summed E-state index contributed by atoms with van der Waals surface area (Å²) in [6, 6.07) is 15.2. The van der Waals surface area contributed by atoms with Crippen molar-refractivity contribution < 1.29 is 14.3 Å². The van der Waals surface area contributed by atoms with Crippen molar-refractivity contribution in [2.75, 3.05) is 0 Å². The van der Waals surface area contributed by atoms with Crippen molar-refractivity contribution in [3.8, 4) is 5.75 Å². The first kappa shape index (κ1) is 15.2. The minimum Gasteiger partial charge on any atom is -0.507 e. The van der Waals surface area contributed by atoms with Gasteiger partial charge in [0.15, 0.2) is 5.78 Å². The Labute approximate surface area is 150 Å². The van der Waals surface area contributed by atoms with Crippen LogP contribution in [0.3, 0.4) is 0 Å². The summed E-state index contributed by atoms with van der Waals surface area (Å²) in [6.45, 7) is 0. The van der Waals surface area contributed by atoms with Crippen LogP contribution in [0.25, 0.3) is 21.7 Å². The zero-order valence-corrected chi connectivity index (χ0v) is 14.3. The van der Waals surface area contributed by atoms with Gasteiger partial charge in [-0.1, -0.05) is 36.4 Å². The van der Waals surface area contributed by atoms with Crippen molar-refractivity contribution in [2.45, 2.75) is 25.7 Å². The fourth-order valence-corrected chi connectivity index (χ4v) is 4.04. The number of aromatic hydroxyl groups is 1. The first-order valence-corrected chi connectivity index (χ1v) is 9.01. The smallest absolute Gasteiger partial charge is 0.196 e. The van der Waals surface area contributed by atoms with Gasteiger partial charge in [0.2, 0.25) is 0 Å². The summed E-state index contributed by atoms with van der Waals surface area (Å²) in [7, 11) is 0. The van der Waals surface area contributed by atoms with Crippen molar-refractivity contribution in [2.24, 2.45) is 0 Å². The molecule has 26 heavy (non-hydrogen) atoms. The number of rotatable bonds is 2. The molecule has 0 saturated carbocycles. The molecule has 0 amide bonds. The van der Waals surface area contributed by atoms with E-state index in [9.17, 15) is 9.90 Å². The van der Waals surface area contributed by atoms with Crippen molar-refractivity contribution >= 4 is 27.5 Å². The highest BCUT2D eigenvalue weighted by Crippen LogP contribution is 2.36. The second kappa shape index (κ2) is 5.73. The summed E-state index contributed by atoms with van der Waals surface area (Å²) in [5.41, 5.74) is 4.45. The van der Waals surface area contributed by atoms with Crippen LogP contribution in [0.5, 0.6) is 5.75 Å². The third-order valence-electron chi connectivity index (χ3n) is 5.41. The summed E-state index contributed by atoms with van der Waals surface area (Å²) >= 11 is 0. The van der Waals surface area contributed by atoms with E-state index >= 15 is 0 Å². The van der Waals surface area contributed by atoms with Gasteiger partial charge in [-0.2, -0.15) is 0 Å². The molecule has 0 spiro atoms. The number of ketones is 1. The number of fused-ring (bicyclic) bond motifs is 4. The lowest BCUT2D eigenvalue weighted by molar-refractivity contribution is 0.103. The van der Waals surface area contributed by atoms with Crippen LogP contribution >= 0.6 is 0 Å². The molecule has 0 radical (unpaired) electrons. The number of phenols is 1. The molecule has 3 nitrogen and oxygen atoms in total. The third kappa shape index (κ3) is 2.24. The first-order valence-electron chi connectivity index (χ1n) is 9.01. The Morgan fingerprint density at radius 3 is 2.50 bits per heavy atom. The Morgan fingerprint density at radius 1 is 0.885 bits per heavy atom. The summed E-state index contributed by atoms with van der Waals surface area (Å²) < 4.78 is 5.74. The standard InChI is InChI=1S/C23H18O3/c24-21-12-19-20(13-26-23(19)18-8-4-3-7-17(18)21)22(25)16-10-9-14-5-1-2-6-15(14)11-16/h3-4,7-13,24H,1-2,5-6H2. The predicted octanol–water partition coefficient (Wildman–Crippen LogP) is 5.40. The second-order valence-electron chi connectivity index (χ2n) is 6.99. The van der Waals surface area contributed by atoms with E-state index in [0.29, 0.717) is 22.1 Å². The number of hydrogen-bond acceptors (Lipinski definition) is 3. The molecule has 4 aromatic rings. The number of carbonyl (C=O) groups excluding carboxylic acids is 1. The van der Waals surface area contributed by atoms with Gasteiger partial charge in [0.1, 0.15) is 17.6 Å². The Balaban J connectivity index is 1.66. The topological polar surface area (TPSA) is 50.4 Å². The van der Waals surface area contributed by atoms with Crippen LogP contribution in [-0.2, 0) is 12.8 Å². The molecule has 0 unspecified atom stereocenters. The van der Waals surface area contributed by atoms with Crippen molar-refractivity contribution in [3.05, 3.63) is 77.0 Å². The van der Waals surface area contributed by atoms with Gasteiger partial charge in [0.25, 0.3) is 0 Å². The number of hydrogen-bond donors (Lipinski definition) is 1. The number of benzene rings is 3. The van der Waals surface area contributed by atoms with Gasteiger partial charge in [-0.15, -0.1) is 0 Å². The number of aryl methyl sites for hydroxylation is 2. The van der Waals surface area contributed by atoms with Gasteiger partial charge in [0.05, 0.1) is 5.56 Å². The van der Waals surface area contributed by atoms with Gasteiger partial charge in [-0.3, -0.25) is 4.79 Å². The molecule has 1 heterocycles. The SMILES string of the molecule is O=C(c1ccc2c(c1)CCCC2)c1coc2c1cc(O)c1ccccc12. The number of furan rings is 1. The molecule has 1 aliphatic carbocycles. The predicted molar refractivity (Wildman–Crippen MR) is 102 cm³/mol. The lowest BCUT2D eigenvalue weighted by Crippen LogP contribution is -2.06. The van der Waals surface area contributed by atoms with Crippen LogP contribution in [-0.4, -0.2) is 10.9 Å². The van der Waals surface area contributed by atoms with E-state index in [0.717, 1.165) is 23.6 Å². The normalized spacial score (nSPS) is 13.8. The second-order valence-corrected chi connectivity index (χ2v) is 6.99. The van der Waals surface area contributed by atoms with Gasteiger partial charge < -0.3 is 9.52 Å². The maximum atomic E-state index is 13.1. The molecule has 0 bridgehead atoms. The van der Waals surface area contributed by atoms with E-state index in [1.54, 1.807) is 6.07 Å². The summed E-state index contributed by atoms with van der Waals surface area (Å²) in [6.07, 6.45) is 6.04. The highest BCUT2D eigenvalue weighted by atomic mass is 16.3. The van der Waals surface area contributed by atoms with E-state index in [2.05, 4.69) is 6.07 Å². The minimum atomic E-state index is -0.0631. The monoisotopic (exact) mass is 342 g/mol. The average Bonchev–Trinajstić information content (AvgIpc) is 3.11. The Morgan fingerprint density at radius 2 is 1.65 bits per heavy atom. The molecule has 3 heteroatoms. The van der Waals surface area contributed by atoms with Gasteiger partial charge >= 0.3 is 0 Å². The number of phenolic OH excluding ortho intramolecular Hbond substituents is 1.